The molecule has 2 fully saturated rings. The smallest absolute Gasteiger partial charge is 0.253 e. The highest BCUT2D eigenvalue weighted by Crippen LogP contribution is 2.44. The van der Waals surface area contributed by atoms with E-state index in [-0.39, 0.29) is 17.3 Å². The fraction of sp³-hybridized carbons (Fsp3) is 0.368. The first-order valence-corrected chi connectivity index (χ1v) is 8.66. The fourth-order valence-corrected chi connectivity index (χ4v) is 3.89. The highest BCUT2D eigenvalue weighted by atomic mass is 19.1. The summed E-state index contributed by atoms with van der Waals surface area (Å²) >= 11 is 0. The number of fused-ring (bicyclic) bond motifs is 1. The number of rotatable bonds is 5. The predicted molar refractivity (Wildman–Crippen MR) is 94.3 cm³/mol. The van der Waals surface area contributed by atoms with E-state index in [4.69, 9.17) is 0 Å². The summed E-state index contributed by atoms with van der Waals surface area (Å²) in [6, 6.07) is 7.81. The molecule has 2 atom stereocenters. The van der Waals surface area contributed by atoms with Gasteiger partial charge in [0.15, 0.2) is 0 Å². The normalized spacial score (nSPS) is 24.3. The van der Waals surface area contributed by atoms with Crippen LogP contribution in [-0.2, 0) is 0 Å². The van der Waals surface area contributed by atoms with Crippen LogP contribution in [0.5, 0.6) is 0 Å². The summed E-state index contributed by atoms with van der Waals surface area (Å²) in [5.74, 6) is 0.201. The van der Waals surface area contributed by atoms with Crippen molar-refractivity contribution in [1.29, 1.82) is 0 Å². The second-order valence-electron chi connectivity index (χ2n) is 6.85. The highest BCUT2D eigenvalue weighted by molar-refractivity contribution is 6.00. The molecule has 0 bridgehead atoms. The Morgan fingerprint density at radius 1 is 1.36 bits per heavy atom. The van der Waals surface area contributed by atoms with Gasteiger partial charge in [-0.3, -0.25) is 9.78 Å². The van der Waals surface area contributed by atoms with Crippen LogP contribution in [0.2, 0.25) is 0 Å². The lowest BCUT2D eigenvalue weighted by Gasteiger charge is -2.45. The molecule has 1 aromatic carbocycles. The van der Waals surface area contributed by atoms with Gasteiger partial charge in [0.2, 0.25) is 0 Å². The molecule has 130 valence electrons. The van der Waals surface area contributed by atoms with Gasteiger partial charge in [-0.25, -0.2) is 4.39 Å². The van der Waals surface area contributed by atoms with Gasteiger partial charge in [0.05, 0.1) is 17.4 Å². The maximum atomic E-state index is 13.4. The van der Waals surface area contributed by atoms with Gasteiger partial charge in [0.1, 0.15) is 5.82 Å². The molecule has 1 aliphatic carbocycles. The molecule has 3 N–H and O–H groups in total. The quantitative estimate of drug-likeness (QED) is 0.783. The first-order chi connectivity index (χ1) is 12.2. The summed E-state index contributed by atoms with van der Waals surface area (Å²) in [5, 5.41) is 9.69. The van der Waals surface area contributed by atoms with Gasteiger partial charge >= 0.3 is 0 Å². The van der Waals surface area contributed by atoms with Crippen LogP contribution in [0.25, 0.3) is 0 Å². The Labute approximate surface area is 146 Å². The van der Waals surface area contributed by atoms with Gasteiger partial charge in [0.25, 0.3) is 5.91 Å². The first-order valence-electron chi connectivity index (χ1n) is 8.66. The molecule has 1 aromatic heterocycles. The van der Waals surface area contributed by atoms with Gasteiger partial charge in [-0.05, 0) is 56.0 Å². The third kappa shape index (κ3) is 3.09. The van der Waals surface area contributed by atoms with Gasteiger partial charge in [-0.2, -0.15) is 0 Å². The van der Waals surface area contributed by atoms with Crippen LogP contribution in [0.4, 0.5) is 15.8 Å². The van der Waals surface area contributed by atoms with Gasteiger partial charge in [-0.1, -0.05) is 6.07 Å². The minimum atomic E-state index is -0.331. The van der Waals surface area contributed by atoms with Crippen LogP contribution < -0.4 is 16.0 Å². The van der Waals surface area contributed by atoms with E-state index in [0.29, 0.717) is 29.4 Å². The van der Waals surface area contributed by atoms with E-state index >= 15 is 0 Å². The van der Waals surface area contributed by atoms with Crippen LogP contribution >= 0.6 is 0 Å². The van der Waals surface area contributed by atoms with Crippen molar-refractivity contribution >= 4 is 17.3 Å². The highest BCUT2D eigenvalue weighted by Gasteiger charge is 2.49. The first kappa shape index (κ1) is 16.0. The molecule has 2 aliphatic rings. The van der Waals surface area contributed by atoms with Crippen LogP contribution in [0.1, 0.15) is 29.6 Å². The second-order valence-corrected chi connectivity index (χ2v) is 6.85. The summed E-state index contributed by atoms with van der Waals surface area (Å²) in [4.78, 5) is 16.7. The number of carbonyl (C=O) groups is 1. The van der Waals surface area contributed by atoms with Crippen molar-refractivity contribution < 1.29 is 9.18 Å². The zero-order valence-corrected chi connectivity index (χ0v) is 13.9. The number of aromatic nitrogens is 1. The Bertz CT molecular complexity index is 796. The number of halogens is 1. The van der Waals surface area contributed by atoms with Crippen LogP contribution in [0.15, 0.2) is 42.7 Å². The average Bonchev–Trinajstić information content (AvgIpc) is 2.88. The lowest BCUT2D eigenvalue weighted by molar-refractivity contribution is 0.0879. The molecule has 6 heteroatoms. The molecule has 1 saturated carbocycles. The number of amides is 1. The topological polar surface area (TPSA) is 66.0 Å². The van der Waals surface area contributed by atoms with Crippen LogP contribution in [0, 0.1) is 11.7 Å². The molecule has 2 aromatic rings. The Hall–Kier alpha value is -2.47. The number of hydrogen-bond donors (Lipinski definition) is 3. The number of hydrogen-bond acceptors (Lipinski definition) is 4. The van der Waals surface area contributed by atoms with Crippen LogP contribution in [0.3, 0.4) is 0 Å². The molecular weight excluding hydrogens is 319 g/mol. The van der Waals surface area contributed by atoms with Crippen molar-refractivity contribution in [3.63, 3.8) is 0 Å². The molecule has 0 radical (unpaired) electrons. The zero-order chi connectivity index (χ0) is 17.3. The molecule has 4 rings (SSSR count). The zero-order valence-electron chi connectivity index (χ0n) is 13.9. The molecule has 1 saturated heterocycles. The third-order valence-electron chi connectivity index (χ3n) is 5.42. The Balaban J connectivity index is 1.47. The fourth-order valence-electron chi connectivity index (χ4n) is 3.89. The Morgan fingerprint density at radius 2 is 2.28 bits per heavy atom. The standard InChI is InChI=1S/C19H21FN4O/c20-14-2-1-3-15(10-14)24-17-11-21-8-6-16(17)18(25)22-12-19-7-4-13(19)5-9-23-19/h1-3,6,8,10-11,13,23-24H,4-5,7,9,12H2,(H,22,25). The van der Waals surface area contributed by atoms with E-state index in [9.17, 15) is 9.18 Å². The number of nitrogens with zero attached hydrogens (tertiary/aromatic N) is 1. The van der Waals surface area contributed by atoms with Gasteiger partial charge in [0, 0.05) is 24.0 Å². The number of benzene rings is 1. The molecular formula is C19H21FN4O. The monoisotopic (exact) mass is 340 g/mol. The summed E-state index contributed by atoms with van der Waals surface area (Å²) < 4.78 is 13.4. The van der Waals surface area contributed by atoms with Crippen molar-refractivity contribution in [2.24, 2.45) is 5.92 Å². The molecule has 1 amide bonds. The molecule has 1 aliphatic heterocycles. The van der Waals surface area contributed by atoms with E-state index in [1.807, 2.05) is 0 Å². The van der Waals surface area contributed by atoms with Crippen molar-refractivity contribution in [3.05, 3.63) is 54.1 Å². The molecule has 0 spiro atoms. The lowest BCUT2D eigenvalue weighted by Crippen LogP contribution is -2.59. The minimum absolute atomic E-state index is 0.0822. The number of anilines is 2. The molecule has 25 heavy (non-hydrogen) atoms. The summed E-state index contributed by atoms with van der Waals surface area (Å²) in [6.07, 6.45) is 6.71. The Morgan fingerprint density at radius 3 is 3.04 bits per heavy atom. The average molecular weight is 340 g/mol. The van der Waals surface area contributed by atoms with E-state index in [1.165, 1.54) is 25.0 Å². The van der Waals surface area contributed by atoms with E-state index in [1.54, 1.807) is 30.6 Å². The molecule has 5 nitrogen and oxygen atoms in total. The van der Waals surface area contributed by atoms with Gasteiger partial charge in [-0.15, -0.1) is 0 Å². The van der Waals surface area contributed by atoms with Crippen molar-refractivity contribution in [3.8, 4) is 0 Å². The van der Waals surface area contributed by atoms with E-state index in [2.05, 4.69) is 20.9 Å². The molecule has 2 unspecified atom stereocenters. The second kappa shape index (κ2) is 6.44. The van der Waals surface area contributed by atoms with Crippen molar-refractivity contribution in [2.75, 3.05) is 18.4 Å². The molecule has 2 heterocycles. The SMILES string of the molecule is O=C(NCC12CCC1CCN2)c1ccncc1Nc1cccc(F)c1. The maximum absolute atomic E-state index is 13.4. The van der Waals surface area contributed by atoms with Crippen molar-refractivity contribution in [1.82, 2.24) is 15.6 Å². The number of nitrogens with one attached hydrogen (secondary N) is 3. The van der Waals surface area contributed by atoms with E-state index < -0.39 is 0 Å². The van der Waals surface area contributed by atoms with Crippen LogP contribution in [-0.4, -0.2) is 29.5 Å². The predicted octanol–water partition coefficient (Wildman–Crippen LogP) is 2.84. The van der Waals surface area contributed by atoms with E-state index in [0.717, 1.165) is 13.0 Å². The third-order valence-corrected chi connectivity index (χ3v) is 5.42. The van der Waals surface area contributed by atoms with Crippen molar-refractivity contribution in [2.45, 2.75) is 24.8 Å². The number of carbonyl (C=O) groups excluding carboxylic acids is 1. The Kier molecular flexibility index (Phi) is 4.13. The lowest BCUT2D eigenvalue weighted by atomic mass is 9.68. The largest absolute Gasteiger partial charge is 0.354 e. The van der Waals surface area contributed by atoms with Gasteiger partial charge < -0.3 is 16.0 Å². The number of pyridine rings is 1. The summed E-state index contributed by atoms with van der Waals surface area (Å²) in [7, 11) is 0. The maximum Gasteiger partial charge on any atom is 0.253 e. The summed E-state index contributed by atoms with van der Waals surface area (Å²) in [5.41, 5.74) is 1.73. The summed E-state index contributed by atoms with van der Waals surface area (Å²) in [6.45, 7) is 1.67. The minimum Gasteiger partial charge on any atom is -0.354 e.